The number of anilines is 1. The van der Waals surface area contributed by atoms with Crippen molar-refractivity contribution in [1.29, 1.82) is 0 Å². The highest BCUT2D eigenvalue weighted by atomic mass is 32.2. The second kappa shape index (κ2) is 8.03. The lowest BCUT2D eigenvalue weighted by Gasteiger charge is -2.07. The van der Waals surface area contributed by atoms with Crippen LogP contribution >= 0.6 is 23.5 Å². The number of hydrogen-bond acceptors (Lipinski definition) is 5. The predicted octanol–water partition coefficient (Wildman–Crippen LogP) is 4.07. The van der Waals surface area contributed by atoms with Crippen molar-refractivity contribution < 1.29 is 4.79 Å². The Kier molecular flexibility index (Phi) is 5.55. The molecule has 0 atom stereocenters. The standard InChI is InChI=1S/C17H16N4OS2/c1-23-15-4-2-3-14(9-15)20-16(22)13-7-5-12(6-8-13)10-24-17-18-11-19-21-17/h2-9,11H,10H2,1H3,(H,20,22)(H,18,19,21). The summed E-state index contributed by atoms with van der Waals surface area (Å²) in [6, 6.07) is 15.4. The minimum Gasteiger partial charge on any atom is -0.322 e. The number of carbonyl (C=O) groups is 1. The molecule has 1 aromatic heterocycles. The van der Waals surface area contributed by atoms with Gasteiger partial charge >= 0.3 is 0 Å². The number of rotatable bonds is 6. The Hall–Kier alpha value is -2.25. The molecule has 0 aliphatic rings. The lowest BCUT2D eigenvalue weighted by molar-refractivity contribution is 0.102. The SMILES string of the molecule is CSc1cccc(NC(=O)c2ccc(CSc3ncn[nH]3)cc2)c1. The quantitative estimate of drug-likeness (QED) is 0.652. The summed E-state index contributed by atoms with van der Waals surface area (Å²) in [6.45, 7) is 0. The maximum Gasteiger partial charge on any atom is 0.255 e. The average Bonchev–Trinajstić information content (AvgIpc) is 3.14. The molecule has 2 N–H and O–H groups in total. The van der Waals surface area contributed by atoms with E-state index in [1.165, 1.54) is 6.33 Å². The lowest BCUT2D eigenvalue weighted by atomic mass is 10.1. The molecule has 5 nitrogen and oxygen atoms in total. The van der Waals surface area contributed by atoms with Crippen LogP contribution in [0, 0.1) is 0 Å². The topological polar surface area (TPSA) is 70.7 Å². The predicted molar refractivity (Wildman–Crippen MR) is 98.6 cm³/mol. The zero-order valence-electron chi connectivity index (χ0n) is 13.0. The van der Waals surface area contributed by atoms with E-state index in [4.69, 9.17) is 0 Å². The van der Waals surface area contributed by atoms with Gasteiger partial charge in [0.05, 0.1) is 0 Å². The van der Waals surface area contributed by atoms with Crippen molar-refractivity contribution >= 4 is 35.1 Å². The Morgan fingerprint density at radius 2 is 2.04 bits per heavy atom. The molecule has 0 fully saturated rings. The zero-order valence-corrected chi connectivity index (χ0v) is 14.7. The van der Waals surface area contributed by atoms with E-state index in [0.717, 1.165) is 27.1 Å². The molecule has 0 bridgehead atoms. The van der Waals surface area contributed by atoms with Crippen LogP contribution in [-0.2, 0) is 5.75 Å². The number of aromatic amines is 1. The first-order valence-corrected chi connectivity index (χ1v) is 9.48. The summed E-state index contributed by atoms with van der Waals surface area (Å²) in [5.41, 5.74) is 2.56. The largest absolute Gasteiger partial charge is 0.322 e. The van der Waals surface area contributed by atoms with E-state index in [1.807, 2.05) is 54.8 Å². The third kappa shape index (κ3) is 4.39. The molecule has 0 saturated carbocycles. The van der Waals surface area contributed by atoms with E-state index in [2.05, 4.69) is 20.5 Å². The van der Waals surface area contributed by atoms with Crippen molar-refractivity contribution in [1.82, 2.24) is 15.2 Å². The smallest absolute Gasteiger partial charge is 0.255 e. The number of H-pyrrole nitrogens is 1. The van der Waals surface area contributed by atoms with Gasteiger partial charge < -0.3 is 5.32 Å². The Morgan fingerprint density at radius 1 is 1.21 bits per heavy atom. The number of aromatic nitrogens is 3. The summed E-state index contributed by atoms with van der Waals surface area (Å²) in [7, 11) is 0. The van der Waals surface area contributed by atoms with Gasteiger partial charge in [-0.3, -0.25) is 9.89 Å². The minimum atomic E-state index is -0.109. The molecular formula is C17H16N4OS2. The molecule has 0 unspecified atom stereocenters. The van der Waals surface area contributed by atoms with E-state index in [-0.39, 0.29) is 5.91 Å². The average molecular weight is 356 g/mol. The number of thioether (sulfide) groups is 2. The number of benzene rings is 2. The van der Waals surface area contributed by atoms with E-state index < -0.39 is 0 Å². The van der Waals surface area contributed by atoms with Crippen LogP contribution in [0.5, 0.6) is 0 Å². The second-order valence-electron chi connectivity index (χ2n) is 4.96. The van der Waals surface area contributed by atoms with Crippen molar-refractivity contribution in [2.75, 3.05) is 11.6 Å². The first-order chi connectivity index (χ1) is 11.7. The van der Waals surface area contributed by atoms with Crippen molar-refractivity contribution in [2.45, 2.75) is 15.8 Å². The van der Waals surface area contributed by atoms with Crippen LogP contribution in [0.2, 0.25) is 0 Å². The molecule has 1 amide bonds. The number of hydrogen-bond donors (Lipinski definition) is 2. The van der Waals surface area contributed by atoms with Crippen LogP contribution in [0.3, 0.4) is 0 Å². The fraction of sp³-hybridized carbons (Fsp3) is 0.118. The van der Waals surface area contributed by atoms with Crippen LogP contribution in [-0.4, -0.2) is 27.3 Å². The van der Waals surface area contributed by atoms with Gasteiger partial charge in [-0.2, -0.15) is 5.10 Å². The first-order valence-electron chi connectivity index (χ1n) is 7.27. The Balaban J connectivity index is 1.60. The van der Waals surface area contributed by atoms with Gasteiger partial charge in [0, 0.05) is 21.9 Å². The van der Waals surface area contributed by atoms with Gasteiger partial charge in [-0.05, 0) is 42.2 Å². The molecule has 24 heavy (non-hydrogen) atoms. The Labute approximate surface area is 148 Å². The van der Waals surface area contributed by atoms with Crippen LogP contribution < -0.4 is 5.32 Å². The normalized spacial score (nSPS) is 10.5. The molecule has 3 rings (SSSR count). The summed E-state index contributed by atoms with van der Waals surface area (Å²) < 4.78 is 0. The summed E-state index contributed by atoms with van der Waals surface area (Å²) >= 11 is 3.22. The molecule has 0 spiro atoms. The third-order valence-electron chi connectivity index (χ3n) is 3.31. The van der Waals surface area contributed by atoms with Gasteiger partial charge in [0.15, 0.2) is 5.16 Å². The Morgan fingerprint density at radius 3 is 2.75 bits per heavy atom. The third-order valence-corrected chi connectivity index (χ3v) is 4.99. The molecule has 0 aliphatic heterocycles. The number of nitrogens with one attached hydrogen (secondary N) is 2. The maximum atomic E-state index is 12.3. The second-order valence-corrected chi connectivity index (χ2v) is 6.81. The van der Waals surface area contributed by atoms with Crippen molar-refractivity contribution in [3.63, 3.8) is 0 Å². The van der Waals surface area contributed by atoms with Crippen LogP contribution in [0.25, 0.3) is 0 Å². The summed E-state index contributed by atoms with van der Waals surface area (Å²) in [6.07, 6.45) is 3.50. The van der Waals surface area contributed by atoms with E-state index in [1.54, 1.807) is 23.5 Å². The number of nitrogens with zero attached hydrogens (tertiary/aromatic N) is 2. The highest BCUT2D eigenvalue weighted by Crippen LogP contribution is 2.21. The zero-order chi connectivity index (χ0) is 16.8. The molecule has 0 saturated heterocycles. The number of carbonyl (C=O) groups excluding carboxylic acids is 1. The Bertz CT molecular complexity index is 804. The maximum absolute atomic E-state index is 12.3. The first kappa shape index (κ1) is 16.6. The molecule has 2 aromatic carbocycles. The van der Waals surface area contributed by atoms with Crippen LogP contribution in [0.4, 0.5) is 5.69 Å². The molecule has 0 radical (unpaired) electrons. The van der Waals surface area contributed by atoms with Crippen LogP contribution in [0.1, 0.15) is 15.9 Å². The molecule has 3 aromatic rings. The van der Waals surface area contributed by atoms with Gasteiger partial charge in [0.1, 0.15) is 6.33 Å². The van der Waals surface area contributed by atoms with E-state index in [0.29, 0.717) is 5.56 Å². The fourth-order valence-electron chi connectivity index (χ4n) is 2.07. The monoisotopic (exact) mass is 356 g/mol. The van der Waals surface area contributed by atoms with Gasteiger partial charge in [0.25, 0.3) is 5.91 Å². The van der Waals surface area contributed by atoms with Crippen molar-refractivity contribution in [3.8, 4) is 0 Å². The van der Waals surface area contributed by atoms with Gasteiger partial charge in [0.2, 0.25) is 0 Å². The summed E-state index contributed by atoms with van der Waals surface area (Å²) in [5.74, 6) is 0.662. The molecule has 1 heterocycles. The molecule has 122 valence electrons. The van der Waals surface area contributed by atoms with Gasteiger partial charge in [-0.15, -0.1) is 11.8 Å². The van der Waals surface area contributed by atoms with Gasteiger partial charge in [-0.25, -0.2) is 4.98 Å². The van der Waals surface area contributed by atoms with E-state index >= 15 is 0 Å². The molecular weight excluding hydrogens is 340 g/mol. The molecule has 7 heteroatoms. The minimum absolute atomic E-state index is 0.109. The highest BCUT2D eigenvalue weighted by molar-refractivity contribution is 7.98. The number of amides is 1. The van der Waals surface area contributed by atoms with Gasteiger partial charge in [-0.1, -0.05) is 30.0 Å². The van der Waals surface area contributed by atoms with Crippen LogP contribution in [0.15, 0.2) is 64.9 Å². The van der Waals surface area contributed by atoms with E-state index in [9.17, 15) is 4.79 Å². The van der Waals surface area contributed by atoms with Crippen molar-refractivity contribution in [2.24, 2.45) is 0 Å². The fourth-order valence-corrected chi connectivity index (χ4v) is 3.27. The highest BCUT2D eigenvalue weighted by Gasteiger charge is 2.07. The lowest BCUT2D eigenvalue weighted by Crippen LogP contribution is -2.11. The summed E-state index contributed by atoms with van der Waals surface area (Å²) in [4.78, 5) is 17.5. The molecule has 0 aliphatic carbocycles. The summed E-state index contributed by atoms with van der Waals surface area (Å²) in [5, 5.41) is 10.3. The van der Waals surface area contributed by atoms with Crippen molar-refractivity contribution in [3.05, 3.63) is 66.0 Å².